The van der Waals surface area contributed by atoms with Gasteiger partial charge in [-0.3, -0.25) is 0 Å². The average molecular weight is 330 g/mol. The number of hydrogen-bond acceptors (Lipinski definition) is 1. The van der Waals surface area contributed by atoms with Crippen LogP contribution in [0.1, 0.15) is 32.1 Å². The SMILES string of the molecule is Brc1ccc2cc(N3CC4(CCCCC4)C3)ccc2c1. The molecule has 2 aromatic carbocycles. The molecule has 104 valence electrons. The van der Waals surface area contributed by atoms with Gasteiger partial charge < -0.3 is 4.90 Å². The lowest BCUT2D eigenvalue weighted by atomic mass is 9.68. The van der Waals surface area contributed by atoms with Gasteiger partial charge in [0, 0.05) is 28.7 Å². The first kappa shape index (κ1) is 12.7. The van der Waals surface area contributed by atoms with Crippen molar-refractivity contribution in [1.82, 2.24) is 0 Å². The smallest absolute Gasteiger partial charge is 0.0373 e. The Kier molecular flexibility index (Phi) is 3.03. The van der Waals surface area contributed by atoms with E-state index in [9.17, 15) is 0 Å². The molecule has 1 saturated heterocycles. The monoisotopic (exact) mass is 329 g/mol. The van der Waals surface area contributed by atoms with Crippen molar-refractivity contribution in [2.75, 3.05) is 18.0 Å². The zero-order valence-corrected chi connectivity index (χ0v) is 13.3. The van der Waals surface area contributed by atoms with Crippen LogP contribution in [-0.2, 0) is 0 Å². The van der Waals surface area contributed by atoms with Gasteiger partial charge in [-0.25, -0.2) is 0 Å². The molecule has 2 heteroatoms. The summed E-state index contributed by atoms with van der Waals surface area (Å²) in [5, 5.41) is 2.66. The molecule has 0 radical (unpaired) electrons. The van der Waals surface area contributed by atoms with Gasteiger partial charge in [-0.2, -0.15) is 0 Å². The molecule has 20 heavy (non-hydrogen) atoms. The summed E-state index contributed by atoms with van der Waals surface area (Å²) in [5.74, 6) is 0. The van der Waals surface area contributed by atoms with Crippen molar-refractivity contribution in [2.24, 2.45) is 5.41 Å². The molecule has 2 aliphatic rings. The number of nitrogens with zero attached hydrogens (tertiary/aromatic N) is 1. The molecule has 0 bridgehead atoms. The molecule has 0 atom stereocenters. The van der Waals surface area contributed by atoms with Crippen molar-refractivity contribution >= 4 is 32.4 Å². The number of halogens is 1. The van der Waals surface area contributed by atoms with Crippen LogP contribution in [0, 0.1) is 5.41 Å². The Labute approximate surface area is 129 Å². The van der Waals surface area contributed by atoms with Crippen LogP contribution in [-0.4, -0.2) is 13.1 Å². The Morgan fingerprint density at radius 3 is 2.35 bits per heavy atom. The van der Waals surface area contributed by atoms with Crippen LogP contribution >= 0.6 is 15.9 Å². The highest BCUT2D eigenvalue weighted by atomic mass is 79.9. The molecular formula is C18H20BrN. The van der Waals surface area contributed by atoms with Gasteiger partial charge in [-0.15, -0.1) is 0 Å². The van der Waals surface area contributed by atoms with Gasteiger partial charge in [-0.1, -0.05) is 47.3 Å². The van der Waals surface area contributed by atoms with Crippen LogP contribution in [0.3, 0.4) is 0 Å². The third-order valence-electron chi connectivity index (χ3n) is 5.12. The summed E-state index contributed by atoms with van der Waals surface area (Å²) in [6.07, 6.45) is 7.24. The first-order chi connectivity index (χ1) is 9.74. The second kappa shape index (κ2) is 4.77. The summed E-state index contributed by atoms with van der Waals surface area (Å²) in [4.78, 5) is 2.56. The van der Waals surface area contributed by atoms with Crippen molar-refractivity contribution in [2.45, 2.75) is 32.1 Å². The molecule has 1 nitrogen and oxygen atoms in total. The summed E-state index contributed by atoms with van der Waals surface area (Å²) < 4.78 is 1.16. The minimum absolute atomic E-state index is 0.660. The standard InChI is InChI=1S/C18H20BrN/c19-16-6-4-15-11-17(7-5-14(15)10-16)20-12-18(13-20)8-2-1-3-9-18/h4-7,10-11H,1-3,8-9,12-13H2. The van der Waals surface area contributed by atoms with E-state index >= 15 is 0 Å². The van der Waals surface area contributed by atoms with Crippen LogP contribution in [0.4, 0.5) is 5.69 Å². The van der Waals surface area contributed by atoms with Gasteiger partial charge in [0.2, 0.25) is 0 Å². The van der Waals surface area contributed by atoms with Gasteiger partial charge in [0.05, 0.1) is 0 Å². The maximum atomic E-state index is 3.54. The van der Waals surface area contributed by atoms with E-state index in [0.717, 1.165) is 4.47 Å². The highest BCUT2D eigenvalue weighted by Gasteiger charge is 2.43. The first-order valence-electron chi connectivity index (χ1n) is 7.69. The predicted octanol–water partition coefficient (Wildman–Crippen LogP) is 5.37. The molecule has 1 spiro atoms. The Morgan fingerprint density at radius 1 is 0.850 bits per heavy atom. The molecular weight excluding hydrogens is 310 g/mol. The molecule has 1 saturated carbocycles. The van der Waals surface area contributed by atoms with E-state index in [1.807, 2.05) is 0 Å². The van der Waals surface area contributed by atoms with Crippen LogP contribution in [0.2, 0.25) is 0 Å². The minimum atomic E-state index is 0.660. The van der Waals surface area contributed by atoms with Crippen LogP contribution < -0.4 is 4.90 Å². The third kappa shape index (κ3) is 2.14. The van der Waals surface area contributed by atoms with E-state index in [2.05, 4.69) is 57.2 Å². The molecule has 0 amide bonds. The Bertz CT molecular complexity index is 635. The van der Waals surface area contributed by atoms with Gasteiger partial charge in [0.25, 0.3) is 0 Å². The zero-order chi connectivity index (χ0) is 13.6. The molecule has 1 aliphatic carbocycles. The largest absolute Gasteiger partial charge is 0.370 e. The molecule has 1 aliphatic heterocycles. The third-order valence-corrected chi connectivity index (χ3v) is 5.61. The van der Waals surface area contributed by atoms with Crippen LogP contribution in [0.5, 0.6) is 0 Å². The fraction of sp³-hybridized carbons (Fsp3) is 0.444. The summed E-state index contributed by atoms with van der Waals surface area (Å²) in [7, 11) is 0. The summed E-state index contributed by atoms with van der Waals surface area (Å²) in [6, 6.07) is 13.4. The Hall–Kier alpha value is -1.02. The maximum absolute atomic E-state index is 3.54. The number of benzene rings is 2. The molecule has 2 fully saturated rings. The van der Waals surface area contributed by atoms with Gasteiger partial charge in [0.1, 0.15) is 0 Å². The highest BCUT2D eigenvalue weighted by Crippen LogP contribution is 2.45. The minimum Gasteiger partial charge on any atom is -0.370 e. The second-order valence-corrected chi connectivity index (χ2v) is 7.51. The fourth-order valence-corrected chi connectivity index (χ4v) is 4.34. The maximum Gasteiger partial charge on any atom is 0.0373 e. The molecule has 0 N–H and O–H groups in total. The van der Waals surface area contributed by atoms with Gasteiger partial charge in [0.15, 0.2) is 0 Å². The Morgan fingerprint density at radius 2 is 1.55 bits per heavy atom. The van der Waals surface area contributed by atoms with E-state index in [1.165, 1.54) is 61.7 Å². The van der Waals surface area contributed by atoms with E-state index < -0.39 is 0 Å². The quantitative estimate of drug-likeness (QED) is 0.679. The van der Waals surface area contributed by atoms with E-state index in [0.29, 0.717) is 5.41 Å². The van der Waals surface area contributed by atoms with E-state index in [-0.39, 0.29) is 0 Å². The van der Waals surface area contributed by atoms with Crippen molar-refractivity contribution < 1.29 is 0 Å². The van der Waals surface area contributed by atoms with Gasteiger partial charge in [-0.05, 0) is 47.9 Å². The predicted molar refractivity (Wildman–Crippen MR) is 89.4 cm³/mol. The second-order valence-electron chi connectivity index (χ2n) is 6.59. The topological polar surface area (TPSA) is 3.24 Å². The summed E-state index contributed by atoms with van der Waals surface area (Å²) in [6.45, 7) is 2.55. The lowest BCUT2D eigenvalue weighted by Crippen LogP contribution is -2.57. The first-order valence-corrected chi connectivity index (χ1v) is 8.48. The zero-order valence-electron chi connectivity index (χ0n) is 11.7. The number of hydrogen-bond donors (Lipinski definition) is 0. The normalized spacial score (nSPS) is 21.1. The molecule has 1 heterocycles. The van der Waals surface area contributed by atoms with E-state index in [4.69, 9.17) is 0 Å². The fourth-order valence-electron chi connectivity index (χ4n) is 3.96. The van der Waals surface area contributed by atoms with Crippen molar-refractivity contribution in [3.05, 3.63) is 40.9 Å². The van der Waals surface area contributed by atoms with Crippen LogP contribution in [0.15, 0.2) is 40.9 Å². The molecule has 0 unspecified atom stereocenters. The van der Waals surface area contributed by atoms with Crippen molar-refractivity contribution in [1.29, 1.82) is 0 Å². The molecule has 4 rings (SSSR count). The number of anilines is 1. The number of fused-ring (bicyclic) bond motifs is 1. The van der Waals surface area contributed by atoms with Crippen LogP contribution in [0.25, 0.3) is 10.8 Å². The van der Waals surface area contributed by atoms with Crippen molar-refractivity contribution in [3.8, 4) is 0 Å². The molecule has 0 aromatic heterocycles. The Balaban J connectivity index is 1.56. The van der Waals surface area contributed by atoms with Gasteiger partial charge >= 0.3 is 0 Å². The van der Waals surface area contributed by atoms with E-state index in [1.54, 1.807) is 0 Å². The number of rotatable bonds is 1. The summed E-state index contributed by atoms with van der Waals surface area (Å²) >= 11 is 3.54. The highest BCUT2D eigenvalue weighted by molar-refractivity contribution is 9.10. The average Bonchev–Trinajstić information content (AvgIpc) is 2.45. The lowest BCUT2D eigenvalue weighted by Gasteiger charge is -2.53. The van der Waals surface area contributed by atoms with Crippen molar-refractivity contribution in [3.63, 3.8) is 0 Å². The molecule has 2 aromatic rings. The summed E-state index contributed by atoms with van der Waals surface area (Å²) in [5.41, 5.74) is 2.06. The lowest BCUT2D eigenvalue weighted by molar-refractivity contribution is 0.139.